The maximum atomic E-state index is 12.2. The van der Waals surface area contributed by atoms with E-state index in [2.05, 4.69) is 10.3 Å². The monoisotopic (exact) mass is 355 g/mol. The summed E-state index contributed by atoms with van der Waals surface area (Å²) in [6, 6.07) is 11.6. The Kier molecular flexibility index (Phi) is 6.07. The van der Waals surface area contributed by atoms with Crippen molar-refractivity contribution in [2.75, 3.05) is 31.6 Å². The molecule has 1 saturated heterocycles. The van der Waals surface area contributed by atoms with Gasteiger partial charge in [-0.05, 0) is 49.1 Å². The van der Waals surface area contributed by atoms with Crippen LogP contribution in [-0.4, -0.2) is 48.8 Å². The van der Waals surface area contributed by atoms with Gasteiger partial charge < -0.3 is 20.1 Å². The van der Waals surface area contributed by atoms with Crippen LogP contribution in [-0.2, 0) is 6.42 Å². The Bertz CT molecular complexity index is 716. The highest BCUT2D eigenvalue weighted by Crippen LogP contribution is 2.18. The number of methoxy groups -OCH3 is 1. The van der Waals surface area contributed by atoms with E-state index in [4.69, 9.17) is 4.74 Å². The second-order valence-electron chi connectivity index (χ2n) is 6.50. The second kappa shape index (κ2) is 8.67. The van der Waals surface area contributed by atoms with Crippen LogP contribution >= 0.6 is 0 Å². The number of anilines is 1. The Hall–Kier alpha value is -2.60. The summed E-state index contributed by atoms with van der Waals surface area (Å²) in [5.41, 5.74) is 1.77. The van der Waals surface area contributed by atoms with Crippen molar-refractivity contribution in [2.45, 2.75) is 25.4 Å². The van der Waals surface area contributed by atoms with Crippen LogP contribution in [0.25, 0.3) is 0 Å². The van der Waals surface area contributed by atoms with Crippen LogP contribution in [0.5, 0.6) is 5.75 Å². The number of hydrogen-bond acceptors (Lipinski definition) is 5. The Labute approximate surface area is 153 Å². The number of nitrogens with zero attached hydrogens (tertiary/aromatic N) is 2. The van der Waals surface area contributed by atoms with E-state index in [1.807, 2.05) is 35.2 Å². The SMILES string of the molecule is COc1ccc(CCCNC(=O)c2ccc(N3CC[C@H](O)C3)nc2)cc1. The van der Waals surface area contributed by atoms with Crippen LogP contribution in [0.15, 0.2) is 42.6 Å². The Morgan fingerprint density at radius 1 is 1.31 bits per heavy atom. The second-order valence-corrected chi connectivity index (χ2v) is 6.50. The molecule has 26 heavy (non-hydrogen) atoms. The minimum Gasteiger partial charge on any atom is -0.497 e. The van der Waals surface area contributed by atoms with Gasteiger partial charge in [0.15, 0.2) is 0 Å². The molecule has 1 fully saturated rings. The number of rotatable bonds is 7. The first-order valence-corrected chi connectivity index (χ1v) is 8.96. The van der Waals surface area contributed by atoms with Crippen LogP contribution in [0.4, 0.5) is 5.82 Å². The van der Waals surface area contributed by atoms with Crippen molar-refractivity contribution >= 4 is 11.7 Å². The van der Waals surface area contributed by atoms with Gasteiger partial charge in [0, 0.05) is 25.8 Å². The third kappa shape index (κ3) is 4.73. The van der Waals surface area contributed by atoms with Gasteiger partial charge in [0.2, 0.25) is 0 Å². The highest BCUT2D eigenvalue weighted by molar-refractivity contribution is 5.94. The van der Waals surface area contributed by atoms with E-state index >= 15 is 0 Å². The van der Waals surface area contributed by atoms with Gasteiger partial charge in [0.1, 0.15) is 11.6 Å². The number of β-amino-alcohol motifs (C(OH)–C–C–N with tert-alkyl or cyclic N) is 1. The van der Waals surface area contributed by atoms with Gasteiger partial charge in [-0.3, -0.25) is 4.79 Å². The molecule has 138 valence electrons. The number of aryl methyl sites for hydroxylation is 1. The van der Waals surface area contributed by atoms with Crippen molar-refractivity contribution in [1.29, 1.82) is 0 Å². The van der Waals surface area contributed by atoms with Gasteiger partial charge in [0.05, 0.1) is 18.8 Å². The molecular formula is C20H25N3O3. The molecule has 2 N–H and O–H groups in total. The van der Waals surface area contributed by atoms with E-state index in [1.165, 1.54) is 5.56 Å². The van der Waals surface area contributed by atoms with Gasteiger partial charge >= 0.3 is 0 Å². The van der Waals surface area contributed by atoms with E-state index in [-0.39, 0.29) is 12.0 Å². The predicted molar refractivity (Wildman–Crippen MR) is 101 cm³/mol. The highest BCUT2D eigenvalue weighted by atomic mass is 16.5. The van der Waals surface area contributed by atoms with Crippen molar-refractivity contribution < 1.29 is 14.6 Å². The van der Waals surface area contributed by atoms with Gasteiger partial charge in [-0.2, -0.15) is 0 Å². The first-order valence-electron chi connectivity index (χ1n) is 8.96. The Morgan fingerprint density at radius 3 is 2.73 bits per heavy atom. The van der Waals surface area contributed by atoms with E-state index in [0.29, 0.717) is 18.7 Å². The van der Waals surface area contributed by atoms with Crippen molar-refractivity contribution in [2.24, 2.45) is 0 Å². The number of pyridine rings is 1. The number of aromatic nitrogens is 1. The lowest BCUT2D eigenvalue weighted by molar-refractivity contribution is 0.0953. The average molecular weight is 355 g/mol. The first-order chi connectivity index (χ1) is 12.7. The summed E-state index contributed by atoms with van der Waals surface area (Å²) in [5.74, 6) is 1.54. The fourth-order valence-corrected chi connectivity index (χ4v) is 3.05. The standard InChI is InChI=1S/C20H25N3O3/c1-26-18-7-4-15(5-8-18)3-2-11-21-20(25)16-6-9-19(22-13-16)23-12-10-17(24)14-23/h4-9,13,17,24H,2-3,10-12,14H2,1H3,(H,21,25)/t17-/m0/s1. The number of carbonyl (C=O) groups excluding carboxylic acids is 1. The number of amides is 1. The van der Waals surface area contributed by atoms with Gasteiger partial charge in [-0.15, -0.1) is 0 Å². The molecule has 0 spiro atoms. The predicted octanol–water partition coefficient (Wildman–Crippen LogP) is 2.02. The molecule has 0 radical (unpaired) electrons. The van der Waals surface area contributed by atoms with Gasteiger partial charge in [0.25, 0.3) is 5.91 Å². The lowest BCUT2D eigenvalue weighted by Crippen LogP contribution is -2.25. The summed E-state index contributed by atoms with van der Waals surface area (Å²) in [6.07, 6.45) is 3.84. The molecule has 0 aliphatic carbocycles. The minimum atomic E-state index is -0.287. The highest BCUT2D eigenvalue weighted by Gasteiger charge is 2.21. The van der Waals surface area contributed by atoms with Crippen LogP contribution in [0.1, 0.15) is 28.8 Å². The number of aliphatic hydroxyl groups is 1. The van der Waals surface area contributed by atoms with Crippen LogP contribution in [0, 0.1) is 0 Å². The van der Waals surface area contributed by atoms with E-state index < -0.39 is 0 Å². The van der Waals surface area contributed by atoms with Gasteiger partial charge in [-0.1, -0.05) is 12.1 Å². The number of nitrogens with one attached hydrogen (secondary N) is 1. The quantitative estimate of drug-likeness (QED) is 0.744. The fraction of sp³-hybridized carbons (Fsp3) is 0.400. The molecule has 2 heterocycles. The number of aliphatic hydroxyl groups excluding tert-OH is 1. The minimum absolute atomic E-state index is 0.111. The lowest BCUT2D eigenvalue weighted by Gasteiger charge is -2.16. The Morgan fingerprint density at radius 2 is 2.12 bits per heavy atom. The summed E-state index contributed by atoms with van der Waals surface area (Å²) in [5, 5.41) is 12.5. The van der Waals surface area contributed by atoms with E-state index in [1.54, 1.807) is 19.4 Å². The summed E-state index contributed by atoms with van der Waals surface area (Å²) in [7, 11) is 1.65. The maximum absolute atomic E-state index is 12.2. The number of carbonyl (C=O) groups is 1. The van der Waals surface area contributed by atoms with Crippen molar-refractivity contribution in [3.8, 4) is 5.75 Å². The fourth-order valence-electron chi connectivity index (χ4n) is 3.05. The molecule has 1 amide bonds. The van der Waals surface area contributed by atoms with Gasteiger partial charge in [-0.25, -0.2) is 4.98 Å². The largest absolute Gasteiger partial charge is 0.497 e. The zero-order chi connectivity index (χ0) is 18.4. The number of benzene rings is 1. The maximum Gasteiger partial charge on any atom is 0.252 e. The molecule has 1 aliphatic rings. The number of ether oxygens (including phenoxy) is 1. The van der Waals surface area contributed by atoms with Crippen LogP contribution in [0.3, 0.4) is 0 Å². The molecule has 1 aliphatic heterocycles. The molecule has 6 heteroatoms. The molecule has 0 bridgehead atoms. The summed E-state index contributed by atoms with van der Waals surface area (Å²) in [6.45, 7) is 2.01. The topological polar surface area (TPSA) is 74.7 Å². The van der Waals surface area contributed by atoms with Crippen molar-refractivity contribution in [3.05, 3.63) is 53.7 Å². The smallest absolute Gasteiger partial charge is 0.252 e. The molecule has 0 saturated carbocycles. The van der Waals surface area contributed by atoms with Crippen molar-refractivity contribution in [1.82, 2.24) is 10.3 Å². The zero-order valence-electron chi connectivity index (χ0n) is 15.0. The molecular weight excluding hydrogens is 330 g/mol. The first kappa shape index (κ1) is 18.2. The van der Waals surface area contributed by atoms with Crippen LogP contribution in [0.2, 0.25) is 0 Å². The molecule has 1 atom stereocenters. The summed E-state index contributed by atoms with van der Waals surface area (Å²) < 4.78 is 5.14. The lowest BCUT2D eigenvalue weighted by atomic mass is 10.1. The molecule has 1 aromatic heterocycles. The average Bonchev–Trinajstić information content (AvgIpc) is 3.12. The third-order valence-electron chi connectivity index (χ3n) is 4.58. The molecule has 2 aromatic rings. The molecule has 1 aromatic carbocycles. The molecule has 0 unspecified atom stereocenters. The van der Waals surface area contributed by atoms with Crippen molar-refractivity contribution in [3.63, 3.8) is 0 Å². The molecule has 6 nitrogen and oxygen atoms in total. The zero-order valence-corrected chi connectivity index (χ0v) is 15.0. The van der Waals surface area contributed by atoms with E-state index in [9.17, 15) is 9.90 Å². The summed E-state index contributed by atoms with van der Waals surface area (Å²) in [4.78, 5) is 18.6. The van der Waals surface area contributed by atoms with Crippen LogP contribution < -0.4 is 15.0 Å². The Balaban J connectivity index is 1.42. The molecule has 3 rings (SSSR count). The summed E-state index contributed by atoms with van der Waals surface area (Å²) >= 11 is 0. The number of hydrogen-bond donors (Lipinski definition) is 2. The normalized spacial score (nSPS) is 16.5. The van der Waals surface area contributed by atoms with E-state index in [0.717, 1.165) is 37.4 Å². The third-order valence-corrected chi connectivity index (χ3v) is 4.58.